The Morgan fingerprint density at radius 3 is 2.42 bits per heavy atom. The van der Waals surface area contributed by atoms with Crippen LogP contribution in [0.2, 0.25) is 0 Å². The molecule has 0 aromatic carbocycles. The number of aliphatic carboxylic acids is 1. The molecule has 0 aliphatic carbocycles. The summed E-state index contributed by atoms with van der Waals surface area (Å²) in [4.78, 5) is 31.2. The molecule has 1 atom stereocenters. The minimum atomic E-state index is -1.03. The first-order valence-electron chi connectivity index (χ1n) is 5.81. The van der Waals surface area contributed by atoms with Gasteiger partial charge in [-0.1, -0.05) is 0 Å². The number of hydrogen-bond acceptors (Lipinski definition) is 5. The predicted molar refractivity (Wildman–Crippen MR) is 67.8 cm³/mol. The molecular formula is C12H14N4O3. The molecule has 2 rings (SSSR count). The molecule has 7 nitrogen and oxygen atoms in total. The molecule has 1 aromatic rings. The van der Waals surface area contributed by atoms with Crippen molar-refractivity contribution in [3.8, 4) is 0 Å². The van der Waals surface area contributed by atoms with E-state index in [0.29, 0.717) is 5.71 Å². The topological polar surface area (TPSA) is 95.8 Å². The molecular weight excluding hydrogens is 248 g/mol. The summed E-state index contributed by atoms with van der Waals surface area (Å²) in [5.41, 5.74) is 1.92. The highest BCUT2D eigenvalue weighted by atomic mass is 16.4. The minimum absolute atomic E-state index is 0.190. The largest absolute Gasteiger partial charge is 0.481 e. The van der Waals surface area contributed by atoms with Crippen LogP contribution in [0.1, 0.15) is 24.7 Å². The van der Waals surface area contributed by atoms with E-state index in [-0.39, 0.29) is 12.4 Å². The molecule has 1 aromatic heterocycles. The first kappa shape index (κ1) is 13.1. The second-order valence-electron chi connectivity index (χ2n) is 4.49. The van der Waals surface area contributed by atoms with Crippen molar-refractivity contribution in [3.63, 3.8) is 0 Å². The van der Waals surface area contributed by atoms with E-state index in [4.69, 9.17) is 5.11 Å². The molecule has 0 radical (unpaired) electrons. The Bertz CT molecular complexity index is 562. The van der Waals surface area contributed by atoms with Gasteiger partial charge in [0.2, 0.25) is 0 Å². The highest BCUT2D eigenvalue weighted by molar-refractivity contribution is 6.15. The van der Waals surface area contributed by atoms with Crippen LogP contribution < -0.4 is 5.01 Å². The maximum atomic E-state index is 12.1. The van der Waals surface area contributed by atoms with Gasteiger partial charge in [0.15, 0.2) is 0 Å². The molecule has 0 bridgehead atoms. The summed E-state index contributed by atoms with van der Waals surface area (Å²) in [5.74, 6) is -1.97. The summed E-state index contributed by atoms with van der Waals surface area (Å²) in [6.45, 7) is 5.22. The zero-order valence-corrected chi connectivity index (χ0v) is 10.9. The molecule has 1 unspecified atom stereocenters. The van der Waals surface area contributed by atoms with Crippen LogP contribution in [0.4, 0.5) is 5.95 Å². The van der Waals surface area contributed by atoms with Gasteiger partial charge in [-0.2, -0.15) is 10.1 Å². The predicted octanol–water partition coefficient (Wildman–Crippen LogP) is 0.907. The number of nitrogens with zero attached hydrogens (tertiary/aromatic N) is 4. The number of amides is 1. The monoisotopic (exact) mass is 262 g/mol. The highest BCUT2D eigenvalue weighted by Crippen LogP contribution is 2.23. The lowest BCUT2D eigenvalue weighted by Crippen LogP contribution is -2.30. The van der Waals surface area contributed by atoms with E-state index in [9.17, 15) is 9.59 Å². The summed E-state index contributed by atoms with van der Waals surface area (Å²) in [7, 11) is 0. The van der Waals surface area contributed by atoms with Gasteiger partial charge in [0.1, 0.15) is 0 Å². The number of aromatic nitrogens is 2. The van der Waals surface area contributed by atoms with E-state index < -0.39 is 17.8 Å². The molecule has 0 saturated heterocycles. The lowest BCUT2D eigenvalue weighted by molar-refractivity contribution is -0.139. The number of rotatable bonds is 3. The molecule has 0 spiro atoms. The van der Waals surface area contributed by atoms with Gasteiger partial charge in [0, 0.05) is 17.1 Å². The van der Waals surface area contributed by atoms with Crippen LogP contribution in [0, 0.1) is 19.8 Å². The molecule has 2 heterocycles. The van der Waals surface area contributed by atoms with Gasteiger partial charge in [-0.05, 0) is 26.8 Å². The zero-order valence-electron chi connectivity index (χ0n) is 10.9. The first-order valence-corrected chi connectivity index (χ1v) is 5.81. The van der Waals surface area contributed by atoms with E-state index >= 15 is 0 Å². The molecule has 1 N–H and O–H groups in total. The fourth-order valence-corrected chi connectivity index (χ4v) is 1.96. The van der Waals surface area contributed by atoms with Gasteiger partial charge in [0.25, 0.3) is 11.9 Å². The Balaban J connectivity index is 2.32. The molecule has 7 heteroatoms. The van der Waals surface area contributed by atoms with Crippen molar-refractivity contribution in [2.24, 2.45) is 11.0 Å². The number of carbonyl (C=O) groups excluding carboxylic acids is 1. The second kappa shape index (κ2) is 4.75. The van der Waals surface area contributed by atoms with Gasteiger partial charge in [-0.3, -0.25) is 9.59 Å². The quantitative estimate of drug-likeness (QED) is 0.873. The van der Waals surface area contributed by atoms with Gasteiger partial charge in [0.05, 0.1) is 12.3 Å². The standard InChI is InChI=1S/C12H14N4O3/c1-6-4-7(2)14-12(13-6)16-11(19)9(5-10(17)18)8(3)15-16/h4,9H,5H2,1-3H3,(H,17,18). The average Bonchev–Trinajstić information content (AvgIpc) is 2.55. The number of anilines is 1. The highest BCUT2D eigenvalue weighted by Gasteiger charge is 2.37. The fraction of sp³-hybridized carbons (Fsp3) is 0.417. The third-order valence-corrected chi connectivity index (χ3v) is 2.81. The molecule has 100 valence electrons. The van der Waals surface area contributed by atoms with E-state index in [2.05, 4.69) is 15.1 Å². The maximum absolute atomic E-state index is 12.1. The fourth-order valence-electron chi connectivity index (χ4n) is 1.96. The number of hydrogen-bond donors (Lipinski definition) is 1. The summed E-state index contributed by atoms with van der Waals surface area (Å²) >= 11 is 0. The number of hydrazone groups is 1. The molecule has 1 aliphatic rings. The summed E-state index contributed by atoms with van der Waals surface area (Å²) in [6, 6.07) is 1.79. The molecule has 1 amide bonds. The van der Waals surface area contributed by atoms with Crippen molar-refractivity contribution in [1.82, 2.24) is 9.97 Å². The Morgan fingerprint density at radius 1 is 1.32 bits per heavy atom. The summed E-state index contributed by atoms with van der Waals surface area (Å²) in [5, 5.41) is 14.0. The Morgan fingerprint density at radius 2 is 1.89 bits per heavy atom. The van der Waals surface area contributed by atoms with Crippen LogP contribution in [-0.2, 0) is 9.59 Å². The Labute approximate surface area is 110 Å². The van der Waals surface area contributed by atoms with Gasteiger partial charge >= 0.3 is 5.97 Å². The number of aryl methyl sites for hydroxylation is 2. The van der Waals surface area contributed by atoms with E-state index in [0.717, 1.165) is 16.4 Å². The van der Waals surface area contributed by atoms with Crippen molar-refractivity contribution in [1.29, 1.82) is 0 Å². The second-order valence-corrected chi connectivity index (χ2v) is 4.49. The van der Waals surface area contributed by atoms with Crippen molar-refractivity contribution < 1.29 is 14.7 Å². The Kier molecular flexibility index (Phi) is 3.28. The number of carboxylic acid groups (broad SMARTS) is 1. The summed E-state index contributed by atoms with van der Waals surface area (Å²) in [6.07, 6.45) is -0.268. The first-order chi connectivity index (χ1) is 8.88. The van der Waals surface area contributed by atoms with E-state index in [1.54, 1.807) is 26.8 Å². The normalized spacial score (nSPS) is 18.7. The molecule has 1 aliphatic heterocycles. The van der Waals surface area contributed by atoms with Crippen molar-refractivity contribution in [2.45, 2.75) is 27.2 Å². The Hall–Kier alpha value is -2.31. The third kappa shape index (κ3) is 2.59. The van der Waals surface area contributed by atoms with Gasteiger partial charge in [-0.15, -0.1) is 0 Å². The van der Waals surface area contributed by atoms with Crippen LogP contribution in [0.5, 0.6) is 0 Å². The van der Waals surface area contributed by atoms with Gasteiger partial charge in [-0.25, -0.2) is 9.97 Å². The van der Waals surface area contributed by atoms with Crippen LogP contribution in [0.3, 0.4) is 0 Å². The smallest absolute Gasteiger partial charge is 0.304 e. The van der Waals surface area contributed by atoms with Crippen LogP contribution in [-0.4, -0.2) is 32.7 Å². The van der Waals surface area contributed by atoms with Gasteiger partial charge < -0.3 is 5.11 Å². The minimum Gasteiger partial charge on any atom is -0.481 e. The maximum Gasteiger partial charge on any atom is 0.304 e. The third-order valence-electron chi connectivity index (χ3n) is 2.81. The van der Waals surface area contributed by atoms with Crippen LogP contribution in [0.15, 0.2) is 11.2 Å². The number of carbonyl (C=O) groups is 2. The number of carboxylic acids is 1. The van der Waals surface area contributed by atoms with Crippen molar-refractivity contribution in [2.75, 3.05) is 5.01 Å². The lowest BCUT2D eigenvalue weighted by atomic mass is 10.0. The zero-order chi connectivity index (χ0) is 14.2. The molecule has 0 saturated carbocycles. The summed E-state index contributed by atoms with van der Waals surface area (Å²) < 4.78 is 0. The average molecular weight is 262 g/mol. The molecule has 19 heavy (non-hydrogen) atoms. The van der Waals surface area contributed by atoms with Crippen LogP contribution in [0.25, 0.3) is 0 Å². The van der Waals surface area contributed by atoms with E-state index in [1.165, 1.54) is 0 Å². The lowest BCUT2D eigenvalue weighted by Gasteiger charge is -2.12. The SMILES string of the molecule is CC1=NN(c2nc(C)cc(C)n2)C(=O)C1CC(=O)O. The van der Waals surface area contributed by atoms with Crippen LogP contribution >= 0.6 is 0 Å². The van der Waals surface area contributed by atoms with E-state index in [1.807, 2.05) is 0 Å². The molecule has 0 fully saturated rings. The van der Waals surface area contributed by atoms with Crippen molar-refractivity contribution >= 4 is 23.5 Å². The van der Waals surface area contributed by atoms with Crippen molar-refractivity contribution in [3.05, 3.63) is 17.5 Å².